The van der Waals surface area contributed by atoms with Gasteiger partial charge in [-0.25, -0.2) is 0 Å². The van der Waals surface area contributed by atoms with Gasteiger partial charge in [0.2, 0.25) is 5.91 Å². The minimum Gasteiger partial charge on any atom is -0.481 e. The molecule has 0 fully saturated rings. The van der Waals surface area contributed by atoms with Crippen molar-refractivity contribution >= 4 is 23.3 Å². The van der Waals surface area contributed by atoms with Crippen LogP contribution in [0.4, 0.5) is 11.4 Å². The molecule has 7 nitrogen and oxygen atoms in total. The van der Waals surface area contributed by atoms with Gasteiger partial charge in [-0.2, -0.15) is 0 Å². The molecule has 0 saturated carbocycles. The second kappa shape index (κ2) is 5.26. The Morgan fingerprint density at radius 1 is 1.44 bits per heavy atom. The molecule has 1 aromatic carbocycles. The lowest BCUT2D eigenvalue weighted by Gasteiger charge is -2.10. The third-order valence-corrected chi connectivity index (χ3v) is 2.45. The van der Waals surface area contributed by atoms with Gasteiger partial charge in [0.15, 0.2) is 0 Å². The molecule has 2 N–H and O–H groups in total. The van der Waals surface area contributed by atoms with Crippen molar-refractivity contribution in [3.8, 4) is 0 Å². The summed E-state index contributed by atoms with van der Waals surface area (Å²) in [6.45, 7) is 2.90. The molecule has 0 aliphatic heterocycles. The van der Waals surface area contributed by atoms with Crippen molar-refractivity contribution in [1.82, 2.24) is 0 Å². The van der Waals surface area contributed by atoms with Crippen molar-refractivity contribution in [3.63, 3.8) is 0 Å². The molecule has 7 heteroatoms. The lowest BCUT2D eigenvalue weighted by atomic mass is 10.1. The molecule has 96 valence electrons. The van der Waals surface area contributed by atoms with E-state index in [1.165, 1.54) is 25.1 Å². The molecular formula is C11H12N2O5. The molecule has 0 radical (unpaired) electrons. The van der Waals surface area contributed by atoms with E-state index < -0.39 is 22.7 Å². The van der Waals surface area contributed by atoms with Crippen LogP contribution in [-0.4, -0.2) is 21.9 Å². The molecule has 1 aromatic rings. The van der Waals surface area contributed by atoms with Gasteiger partial charge in [0.05, 0.1) is 10.6 Å². The van der Waals surface area contributed by atoms with Crippen molar-refractivity contribution in [2.45, 2.75) is 13.8 Å². The van der Waals surface area contributed by atoms with Gasteiger partial charge >= 0.3 is 5.97 Å². The molecule has 0 aliphatic carbocycles. The Morgan fingerprint density at radius 3 is 2.56 bits per heavy atom. The summed E-state index contributed by atoms with van der Waals surface area (Å²) < 4.78 is 0. The SMILES string of the molecule is Cc1ccc([N+](=O)[O-])cc1NC(=O)C(C)C(=O)O. The third-order valence-electron chi connectivity index (χ3n) is 2.45. The van der Waals surface area contributed by atoms with Crippen LogP contribution in [0.1, 0.15) is 12.5 Å². The zero-order chi connectivity index (χ0) is 13.9. The number of rotatable bonds is 4. The molecule has 0 heterocycles. The zero-order valence-corrected chi connectivity index (χ0v) is 9.84. The average molecular weight is 252 g/mol. The van der Waals surface area contributed by atoms with E-state index in [0.29, 0.717) is 5.56 Å². The summed E-state index contributed by atoms with van der Waals surface area (Å²) >= 11 is 0. The van der Waals surface area contributed by atoms with Crippen LogP contribution in [0.5, 0.6) is 0 Å². The molecule has 0 saturated heterocycles. The topological polar surface area (TPSA) is 110 Å². The van der Waals surface area contributed by atoms with E-state index in [9.17, 15) is 19.7 Å². The van der Waals surface area contributed by atoms with Crippen LogP contribution in [0, 0.1) is 23.0 Å². The lowest BCUT2D eigenvalue weighted by molar-refractivity contribution is -0.384. The van der Waals surface area contributed by atoms with Crippen LogP contribution in [0.3, 0.4) is 0 Å². The Bertz CT molecular complexity index is 512. The highest BCUT2D eigenvalue weighted by Crippen LogP contribution is 2.22. The summed E-state index contributed by atoms with van der Waals surface area (Å²) in [6, 6.07) is 3.99. The number of nitrogens with one attached hydrogen (secondary N) is 1. The highest BCUT2D eigenvalue weighted by atomic mass is 16.6. The highest BCUT2D eigenvalue weighted by molar-refractivity contribution is 6.04. The fraction of sp³-hybridized carbons (Fsp3) is 0.273. The molecule has 18 heavy (non-hydrogen) atoms. The summed E-state index contributed by atoms with van der Waals surface area (Å²) in [5, 5.41) is 21.6. The van der Waals surface area contributed by atoms with Gasteiger partial charge in [-0.05, 0) is 19.4 Å². The lowest BCUT2D eigenvalue weighted by Crippen LogP contribution is -2.27. The van der Waals surface area contributed by atoms with E-state index in [4.69, 9.17) is 5.11 Å². The second-order valence-corrected chi connectivity index (χ2v) is 3.81. The van der Waals surface area contributed by atoms with Gasteiger partial charge in [0, 0.05) is 12.1 Å². The zero-order valence-electron chi connectivity index (χ0n) is 9.84. The highest BCUT2D eigenvalue weighted by Gasteiger charge is 2.21. The molecule has 0 aliphatic rings. The first-order chi connectivity index (χ1) is 8.32. The Labute approximate surface area is 103 Å². The fourth-order valence-electron chi connectivity index (χ4n) is 1.21. The van der Waals surface area contributed by atoms with Crippen molar-refractivity contribution < 1.29 is 19.6 Å². The van der Waals surface area contributed by atoms with Crippen LogP contribution in [0.15, 0.2) is 18.2 Å². The quantitative estimate of drug-likeness (QED) is 0.480. The van der Waals surface area contributed by atoms with Crippen molar-refractivity contribution in [2.75, 3.05) is 5.32 Å². The molecule has 1 rings (SSSR count). The van der Waals surface area contributed by atoms with Gasteiger partial charge < -0.3 is 10.4 Å². The summed E-state index contributed by atoms with van der Waals surface area (Å²) in [6.07, 6.45) is 0. The molecule has 1 atom stereocenters. The number of nitrogens with zero attached hydrogens (tertiary/aromatic N) is 1. The van der Waals surface area contributed by atoms with Crippen LogP contribution in [-0.2, 0) is 9.59 Å². The van der Waals surface area contributed by atoms with Gasteiger partial charge in [-0.3, -0.25) is 19.7 Å². The summed E-state index contributed by atoms with van der Waals surface area (Å²) in [4.78, 5) is 32.2. The predicted octanol–water partition coefficient (Wildman–Crippen LogP) is 1.56. The van der Waals surface area contributed by atoms with Crippen molar-refractivity contribution in [2.24, 2.45) is 5.92 Å². The van der Waals surface area contributed by atoms with Gasteiger partial charge in [-0.15, -0.1) is 0 Å². The van der Waals surface area contributed by atoms with E-state index in [1.807, 2.05) is 0 Å². The minimum absolute atomic E-state index is 0.168. The molecule has 1 unspecified atom stereocenters. The second-order valence-electron chi connectivity index (χ2n) is 3.81. The molecule has 0 bridgehead atoms. The van der Waals surface area contributed by atoms with Crippen LogP contribution >= 0.6 is 0 Å². The van der Waals surface area contributed by atoms with Crippen LogP contribution in [0.25, 0.3) is 0 Å². The van der Waals surface area contributed by atoms with E-state index in [0.717, 1.165) is 0 Å². The number of carboxylic acid groups (broad SMARTS) is 1. The standard InChI is InChI=1S/C11H12N2O5/c1-6-3-4-8(13(17)18)5-9(6)12-10(14)7(2)11(15)16/h3-5,7H,1-2H3,(H,12,14)(H,15,16). The number of nitro benzene ring substituents is 1. The summed E-state index contributed by atoms with van der Waals surface area (Å²) in [5.41, 5.74) is 0.688. The Morgan fingerprint density at radius 2 is 2.06 bits per heavy atom. The van der Waals surface area contributed by atoms with E-state index >= 15 is 0 Å². The maximum atomic E-state index is 11.5. The monoisotopic (exact) mass is 252 g/mol. The van der Waals surface area contributed by atoms with E-state index in [1.54, 1.807) is 6.92 Å². The average Bonchev–Trinajstić information content (AvgIpc) is 2.30. The molecule has 0 spiro atoms. The maximum absolute atomic E-state index is 11.5. The van der Waals surface area contributed by atoms with Crippen LogP contribution < -0.4 is 5.32 Å². The first-order valence-corrected chi connectivity index (χ1v) is 5.11. The number of hydrogen-bond donors (Lipinski definition) is 2. The number of amides is 1. The van der Waals surface area contributed by atoms with Gasteiger partial charge in [0.1, 0.15) is 5.92 Å². The Balaban J connectivity index is 2.97. The van der Waals surface area contributed by atoms with Gasteiger partial charge in [-0.1, -0.05) is 6.07 Å². The number of aliphatic carboxylic acids is 1. The summed E-state index contributed by atoms with van der Waals surface area (Å²) in [7, 11) is 0. The molecule has 1 amide bonds. The number of aryl methyl sites for hydroxylation is 1. The Kier molecular flexibility index (Phi) is 3.98. The number of carboxylic acids is 1. The molecule has 0 aromatic heterocycles. The van der Waals surface area contributed by atoms with E-state index in [2.05, 4.69) is 5.32 Å². The largest absolute Gasteiger partial charge is 0.481 e. The number of carbonyl (C=O) groups is 2. The van der Waals surface area contributed by atoms with Crippen LogP contribution in [0.2, 0.25) is 0 Å². The van der Waals surface area contributed by atoms with E-state index in [-0.39, 0.29) is 11.4 Å². The maximum Gasteiger partial charge on any atom is 0.315 e. The normalized spacial score (nSPS) is 11.7. The number of hydrogen-bond acceptors (Lipinski definition) is 4. The smallest absolute Gasteiger partial charge is 0.315 e. The fourth-order valence-corrected chi connectivity index (χ4v) is 1.21. The number of carbonyl (C=O) groups excluding carboxylic acids is 1. The first-order valence-electron chi connectivity index (χ1n) is 5.11. The number of benzene rings is 1. The minimum atomic E-state index is -1.25. The summed E-state index contributed by atoms with van der Waals surface area (Å²) in [5.74, 6) is -3.19. The predicted molar refractivity (Wildman–Crippen MR) is 63.3 cm³/mol. The number of non-ortho nitro benzene ring substituents is 1. The number of anilines is 1. The Hall–Kier alpha value is -2.44. The van der Waals surface area contributed by atoms with Gasteiger partial charge in [0.25, 0.3) is 5.69 Å². The van der Waals surface area contributed by atoms with Crippen molar-refractivity contribution in [3.05, 3.63) is 33.9 Å². The van der Waals surface area contributed by atoms with Crippen molar-refractivity contribution in [1.29, 1.82) is 0 Å². The third kappa shape index (κ3) is 3.03. The molecular weight excluding hydrogens is 240 g/mol. The number of nitro groups is 1. The first kappa shape index (κ1) is 13.6.